The molecule has 0 aliphatic carbocycles. The predicted octanol–water partition coefficient (Wildman–Crippen LogP) is 4.96. The fourth-order valence-electron chi connectivity index (χ4n) is 3.54. The number of halogens is 3. The minimum absolute atomic E-state index is 0.114. The Morgan fingerprint density at radius 2 is 1.93 bits per heavy atom. The van der Waals surface area contributed by atoms with Crippen molar-refractivity contribution in [1.29, 1.82) is 0 Å². The Morgan fingerprint density at radius 3 is 2.70 bits per heavy atom. The van der Waals surface area contributed by atoms with Crippen molar-refractivity contribution in [3.8, 4) is 0 Å². The molecule has 3 rings (SSSR count). The summed E-state index contributed by atoms with van der Waals surface area (Å²) in [6, 6.07) is 9.59. The van der Waals surface area contributed by atoms with Crippen molar-refractivity contribution in [3.63, 3.8) is 0 Å². The van der Waals surface area contributed by atoms with Crippen LogP contribution >= 0.6 is 11.6 Å². The molecule has 1 atom stereocenters. The zero-order valence-electron chi connectivity index (χ0n) is 16.5. The average Bonchev–Trinajstić information content (AvgIpc) is 2.72. The number of piperidine rings is 1. The van der Waals surface area contributed by atoms with Crippen molar-refractivity contribution in [2.45, 2.75) is 32.2 Å². The van der Waals surface area contributed by atoms with Crippen LogP contribution in [0, 0.1) is 17.6 Å². The molecule has 0 saturated carbocycles. The molecule has 1 aliphatic heterocycles. The molecule has 8 heteroatoms. The van der Waals surface area contributed by atoms with Gasteiger partial charge in [0.2, 0.25) is 5.91 Å². The molecule has 0 unspecified atom stereocenters. The number of amides is 3. The van der Waals surface area contributed by atoms with E-state index in [4.69, 9.17) is 11.6 Å². The van der Waals surface area contributed by atoms with E-state index in [1.807, 2.05) is 0 Å². The molecule has 2 N–H and O–H groups in total. The number of likely N-dealkylation sites (tertiary alicyclic amines) is 1. The van der Waals surface area contributed by atoms with Crippen LogP contribution in [0.2, 0.25) is 5.02 Å². The van der Waals surface area contributed by atoms with Gasteiger partial charge in [0.25, 0.3) is 0 Å². The summed E-state index contributed by atoms with van der Waals surface area (Å²) in [5.74, 6) is -0.718. The van der Waals surface area contributed by atoms with Gasteiger partial charge in [-0.1, -0.05) is 23.7 Å². The number of hydrogen-bond acceptors (Lipinski definition) is 2. The number of carbonyl (C=O) groups is 2. The van der Waals surface area contributed by atoms with Gasteiger partial charge < -0.3 is 15.5 Å². The van der Waals surface area contributed by atoms with E-state index in [1.54, 1.807) is 23.1 Å². The molecular formula is C22H24ClF2N3O2. The Morgan fingerprint density at radius 1 is 1.13 bits per heavy atom. The number of carbonyl (C=O) groups excluding carboxylic acids is 2. The highest BCUT2D eigenvalue weighted by Crippen LogP contribution is 2.22. The Balaban J connectivity index is 1.43. The number of hydrogen-bond donors (Lipinski definition) is 2. The SMILES string of the molecule is O=C(CC[C@H]1CCCN(C(=O)Nc2cccc(F)c2)C1)NCc1ccc(F)cc1Cl. The predicted molar refractivity (Wildman–Crippen MR) is 112 cm³/mol. The zero-order chi connectivity index (χ0) is 21.5. The van der Waals surface area contributed by atoms with E-state index in [0.29, 0.717) is 37.2 Å². The summed E-state index contributed by atoms with van der Waals surface area (Å²) in [5.41, 5.74) is 1.07. The molecule has 2 aromatic carbocycles. The number of rotatable bonds is 6. The number of benzene rings is 2. The van der Waals surface area contributed by atoms with Gasteiger partial charge >= 0.3 is 6.03 Å². The third-order valence-electron chi connectivity index (χ3n) is 5.15. The van der Waals surface area contributed by atoms with Crippen LogP contribution in [0.4, 0.5) is 19.3 Å². The molecule has 1 aliphatic rings. The van der Waals surface area contributed by atoms with E-state index in [1.165, 1.54) is 24.3 Å². The molecule has 5 nitrogen and oxygen atoms in total. The summed E-state index contributed by atoms with van der Waals surface area (Å²) in [4.78, 5) is 26.3. The quantitative estimate of drug-likeness (QED) is 0.673. The minimum atomic E-state index is -0.418. The smallest absolute Gasteiger partial charge is 0.321 e. The van der Waals surface area contributed by atoms with Gasteiger partial charge in [0, 0.05) is 36.8 Å². The van der Waals surface area contributed by atoms with E-state index in [-0.39, 0.29) is 29.4 Å². The largest absolute Gasteiger partial charge is 0.352 e. The second kappa shape index (κ2) is 10.4. The number of nitrogens with zero attached hydrogens (tertiary/aromatic N) is 1. The Kier molecular flexibility index (Phi) is 7.63. The molecule has 0 radical (unpaired) electrons. The molecule has 3 amide bonds. The zero-order valence-corrected chi connectivity index (χ0v) is 17.2. The lowest BCUT2D eigenvalue weighted by molar-refractivity contribution is -0.121. The van der Waals surface area contributed by atoms with Gasteiger partial charge in [0.05, 0.1) is 0 Å². The van der Waals surface area contributed by atoms with E-state index in [9.17, 15) is 18.4 Å². The maximum absolute atomic E-state index is 13.3. The van der Waals surface area contributed by atoms with Gasteiger partial charge in [0.15, 0.2) is 0 Å². The maximum atomic E-state index is 13.3. The lowest BCUT2D eigenvalue weighted by atomic mass is 9.93. The van der Waals surface area contributed by atoms with Crippen molar-refractivity contribution in [1.82, 2.24) is 10.2 Å². The van der Waals surface area contributed by atoms with Crippen molar-refractivity contribution < 1.29 is 18.4 Å². The minimum Gasteiger partial charge on any atom is -0.352 e. The summed E-state index contributed by atoms with van der Waals surface area (Å²) in [7, 11) is 0. The normalized spacial score (nSPS) is 16.2. The number of nitrogens with one attached hydrogen (secondary N) is 2. The van der Waals surface area contributed by atoms with Crippen molar-refractivity contribution >= 4 is 29.2 Å². The first-order valence-electron chi connectivity index (χ1n) is 9.93. The van der Waals surface area contributed by atoms with Gasteiger partial charge in [-0.3, -0.25) is 4.79 Å². The number of anilines is 1. The molecule has 2 aromatic rings. The first-order valence-corrected chi connectivity index (χ1v) is 10.3. The van der Waals surface area contributed by atoms with Crippen molar-refractivity contribution in [2.75, 3.05) is 18.4 Å². The molecular weight excluding hydrogens is 412 g/mol. The number of urea groups is 1. The summed E-state index contributed by atoms with van der Waals surface area (Å²) < 4.78 is 26.4. The van der Waals surface area contributed by atoms with Gasteiger partial charge in [-0.15, -0.1) is 0 Å². The summed E-state index contributed by atoms with van der Waals surface area (Å²) >= 11 is 5.97. The van der Waals surface area contributed by atoms with E-state index in [0.717, 1.165) is 12.8 Å². The second-order valence-corrected chi connectivity index (χ2v) is 7.85. The van der Waals surface area contributed by atoms with Gasteiger partial charge in [0.1, 0.15) is 11.6 Å². The topological polar surface area (TPSA) is 61.4 Å². The van der Waals surface area contributed by atoms with E-state index < -0.39 is 11.6 Å². The fourth-order valence-corrected chi connectivity index (χ4v) is 3.77. The lowest BCUT2D eigenvalue weighted by Gasteiger charge is -2.32. The third-order valence-corrected chi connectivity index (χ3v) is 5.50. The highest BCUT2D eigenvalue weighted by molar-refractivity contribution is 6.31. The standard InChI is InChI=1S/C22H24ClF2N3O2/c23-20-12-18(25)8-7-16(20)13-26-21(29)9-6-15-3-2-10-28(14-15)22(30)27-19-5-1-4-17(24)11-19/h1,4-5,7-8,11-12,15H,2-3,6,9-10,13-14H2,(H,26,29)(H,27,30)/t15-/m1/s1. The Bertz CT molecular complexity index is 910. The first kappa shape index (κ1) is 22.0. The van der Waals surface area contributed by atoms with Gasteiger partial charge in [-0.05, 0) is 61.1 Å². The molecule has 1 saturated heterocycles. The maximum Gasteiger partial charge on any atom is 0.321 e. The molecule has 0 bridgehead atoms. The molecule has 160 valence electrons. The Labute approximate surface area is 179 Å². The highest BCUT2D eigenvalue weighted by atomic mass is 35.5. The van der Waals surface area contributed by atoms with Crippen LogP contribution in [0.3, 0.4) is 0 Å². The van der Waals surface area contributed by atoms with E-state index >= 15 is 0 Å². The summed E-state index contributed by atoms with van der Waals surface area (Å²) in [6.07, 6.45) is 2.80. The summed E-state index contributed by atoms with van der Waals surface area (Å²) in [6.45, 7) is 1.43. The monoisotopic (exact) mass is 435 g/mol. The third kappa shape index (κ3) is 6.42. The van der Waals surface area contributed by atoms with Crippen LogP contribution in [-0.2, 0) is 11.3 Å². The van der Waals surface area contributed by atoms with Crippen LogP contribution in [0.1, 0.15) is 31.2 Å². The van der Waals surface area contributed by atoms with Gasteiger partial charge in [-0.25, -0.2) is 13.6 Å². The van der Waals surface area contributed by atoms with Crippen molar-refractivity contribution in [3.05, 3.63) is 64.7 Å². The molecule has 1 heterocycles. The average molecular weight is 436 g/mol. The van der Waals surface area contributed by atoms with Crippen molar-refractivity contribution in [2.24, 2.45) is 5.92 Å². The van der Waals surface area contributed by atoms with E-state index in [2.05, 4.69) is 10.6 Å². The van der Waals surface area contributed by atoms with Crippen LogP contribution in [0.25, 0.3) is 0 Å². The first-order chi connectivity index (χ1) is 14.4. The van der Waals surface area contributed by atoms with Crippen LogP contribution in [0.15, 0.2) is 42.5 Å². The highest BCUT2D eigenvalue weighted by Gasteiger charge is 2.24. The second-order valence-electron chi connectivity index (χ2n) is 7.45. The lowest BCUT2D eigenvalue weighted by Crippen LogP contribution is -2.42. The van der Waals surface area contributed by atoms with Gasteiger partial charge in [-0.2, -0.15) is 0 Å². The molecule has 1 fully saturated rings. The fraction of sp³-hybridized carbons (Fsp3) is 0.364. The molecule has 0 aromatic heterocycles. The Hall–Kier alpha value is -2.67. The molecule has 30 heavy (non-hydrogen) atoms. The van der Waals surface area contributed by atoms with Crippen LogP contribution in [-0.4, -0.2) is 29.9 Å². The molecule has 0 spiro atoms. The van der Waals surface area contributed by atoms with Crippen LogP contribution < -0.4 is 10.6 Å². The summed E-state index contributed by atoms with van der Waals surface area (Å²) in [5, 5.41) is 5.79. The van der Waals surface area contributed by atoms with Crippen LogP contribution in [0.5, 0.6) is 0 Å².